The molecule has 0 aliphatic carbocycles. The number of nitrogens with zero attached hydrogens (tertiary/aromatic N) is 4. The number of fused-ring (bicyclic) bond motifs is 1. The number of thiazole rings is 1. The molecule has 0 radical (unpaired) electrons. The van der Waals surface area contributed by atoms with Gasteiger partial charge < -0.3 is 10.2 Å². The second-order valence-corrected chi connectivity index (χ2v) is 7.22. The summed E-state index contributed by atoms with van der Waals surface area (Å²) in [5.74, 6) is 0.311. The topological polar surface area (TPSA) is 53.9 Å². The molecule has 0 saturated heterocycles. The summed E-state index contributed by atoms with van der Waals surface area (Å²) >= 11 is 7.13. The first-order chi connectivity index (χ1) is 13.5. The molecular weight excluding hydrogens is 404 g/mol. The van der Waals surface area contributed by atoms with E-state index in [9.17, 15) is 8.78 Å². The van der Waals surface area contributed by atoms with Crippen molar-refractivity contribution in [3.8, 4) is 0 Å². The maximum absolute atomic E-state index is 14.1. The molecule has 0 aliphatic rings. The second kappa shape index (κ2) is 7.65. The Labute approximate surface area is 168 Å². The van der Waals surface area contributed by atoms with Crippen molar-refractivity contribution in [1.29, 1.82) is 0 Å². The van der Waals surface area contributed by atoms with Crippen molar-refractivity contribution in [1.82, 2.24) is 15.0 Å². The van der Waals surface area contributed by atoms with E-state index in [0.717, 1.165) is 11.6 Å². The Morgan fingerprint density at radius 3 is 2.68 bits per heavy atom. The number of nitrogens with one attached hydrogen (secondary N) is 1. The van der Waals surface area contributed by atoms with Crippen LogP contribution >= 0.6 is 22.9 Å². The fraction of sp³-hybridized carbons (Fsp3) is 0.105. The number of hydrogen-bond donors (Lipinski definition) is 1. The highest BCUT2D eigenvalue weighted by Crippen LogP contribution is 2.31. The van der Waals surface area contributed by atoms with Crippen LogP contribution in [0.4, 0.5) is 31.2 Å². The van der Waals surface area contributed by atoms with Gasteiger partial charge in [0.2, 0.25) is 0 Å². The van der Waals surface area contributed by atoms with Gasteiger partial charge in [-0.05, 0) is 35.9 Å². The van der Waals surface area contributed by atoms with Crippen LogP contribution in [0.15, 0.2) is 48.7 Å². The molecule has 4 rings (SSSR count). The van der Waals surface area contributed by atoms with Gasteiger partial charge in [-0.2, -0.15) is 0 Å². The molecule has 28 heavy (non-hydrogen) atoms. The molecule has 0 saturated carbocycles. The first kappa shape index (κ1) is 18.5. The Morgan fingerprint density at radius 1 is 1.11 bits per heavy atom. The molecule has 0 amide bonds. The third-order valence-corrected chi connectivity index (χ3v) is 5.26. The minimum absolute atomic E-state index is 0.236. The second-order valence-electron chi connectivity index (χ2n) is 5.98. The first-order valence-electron chi connectivity index (χ1n) is 8.28. The van der Waals surface area contributed by atoms with Crippen molar-refractivity contribution in [2.45, 2.75) is 5.88 Å². The normalized spacial score (nSPS) is 11.0. The zero-order chi connectivity index (χ0) is 19.7. The van der Waals surface area contributed by atoms with Crippen LogP contribution in [-0.2, 0) is 5.88 Å². The maximum Gasteiger partial charge on any atom is 0.190 e. The number of aromatic nitrogens is 3. The van der Waals surface area contributed by atoms with Crippen molar-refractivity contribution in [2.75, 3.05) is 17.3 Å². The fourth-order valence-electron chi connectivity index (χ4n) is 2.61. The molecule has 0 aliphatic heterocycles. The lowest BCUT2D eigenvalue weighted by Crippen LogP contribution is -2.12. The summed E-state index contributed by atoms with van der Waals surface area (Å²) in [6.07, 6.45) is 1.70. The summed E-state index contributed by atoms with van der Waals surface area (Å²) in [4.78, 5) is 15.6. The summed E-state index contributed by atoms with van der Waals surface area (Å²) in [5.41, 5.74) is 1.88. The lowest BCUT2D eigenvalue weighted by atomic mass is 10.2. The van der Waals surface area contributed by atoms with Gasteiger partial charge in [-0.3, -0.25) is 0 Å². The van der Waals surface area contributed by atoms with E-state index in [-0.39, 0.29) is 5.69 Å². The molecule has 5 nitrogen and oxygen atoms in total. The lowest BCUT2D eigenvalue weighted by Gasteiger charge is -2.18. The summed E-state index contributed by atoms with van der Waals surface area (Å²) in [6.45, 7) is 0. The van der Waals surface area contributed by atoms with Crippen LogP contribution in [0, 0.1) is 11.6 Å². The monoisotopic (exact) mass is 417 g/mol. The quantitative estimate of drug-likeness (QED) is 0.427. The van der Waals surface area contributed by atoms with E-state index in [4.69, 9.17) is 11.6 Å². The third kappa shape index (κ3) is 3.74. The summed E-state index contributed by atoms with van der Waals surface area (Å²) in [5, 5.41) is 3.78. The van der Waals surface area contributed by atoms with E-state index in [1.807, 2.05) is 12.1 Å². The molecular formula is C19H14ClF2N5S. The maximum atomic E-state index is 14.1. The van der Waals surface area contributed by atoms with Gasteiger partial charge in [-0.15, -0.1) is 11.6 Å². The Bertz CT molecular complexity index is 1130. The van der Waals surface area contributed by atoms with E-state index in [2.05, 4.69) is 20.3 Å². The summed E-state index contributed by atoms with van der Waals surface area (Å²) in [7, 11) is 1.67. The zero-order valence-corrected chi connectivity index (χ0v) is 16.2. The van der Waals surface area contributed by atoms with Crippen LogP contribution in [0.5, 0.6) is 0 Å². The number of alkyl halides is 1. The van der Waals surface area contributed by atoms with Gasteiger partial charge in [0.1, 0.15) is 33.6 Å². The standard InChI is InChI=1S/C19H14ClF2N5S/c1-27(15-5-3-12(21)8-13(15)22)17-7-4-14-18(26-17)28-19(24-14)25-16-6-2-11(9-20)10-23-16/h2-8,10H,9H2,1H3,(H,23,24,25). The Balaban J connectivity index is 1.60. The number of benzene rings is 1. The van der Waals surface area contributed by atoms with Gasteiger partial charge in [-0.1, -0.05) is 17.4 Å². The molecule has 0 atom stereocenters. The summed E-state index contributed by atoms with van der Waals surface area (Å²) in [6, 6.07) is 10.7. The number of halogens is 3. The van der Waals surface area contributed by atoms with Crippen molar-refractivity contribution < 1.29 is 8.78 Å². The molecule has 9 heteroatoms. The molecule has 0 spiro atoms. The van der Waals surface area contributed by atoms with E-state index < -0.39 is 11.6 Å². The predicted molar refractivity (Wildman–Crippen MR) is 109 cm³/mol. The van der Waals surface area contributed by atoms with Crippen LogP contribution in [0.25, 0.3) is 10.3 Å². The van der Waals surface area contributed by atoms with E-state index in [1.165, 1.54) is 23.5 Å². The lowest BCUT2D eigenvalue weighted by molar-refractivity contribution is 0.583. The number of hydrogen-bond acceptors (Lipinski definition) is 6. The molecule has 0 unspecified atom stereocenters. The molecule has 0 fully saturated rings. The zero-order valence-electron chi connectivity index (χ0n) is 14.7. The number of anilines is 4. The molecule has 0 bridgehead atoms. The smallest absolute Gasteiger partial charge is 0.190 e. The molecule has 4 aromatic rings. The Kier molecular flexibility index (Phi) is 5.06. The van der Waals surface area contributed by atoms with Gasteiger partial charge >= 0.3 is 0 Å². The first-order valence-corrected chi connectivity index (χ1v) is 9.63. The number of pyridine rings is 2. The molecule has 1 aromatic carbocycles. The van der Waals surface area contributed by atoms with Crippen LogP contribution in [0.1, 0.15) is 5.56 Å². The fourth-order valence-corrected chi connectivity index (χ4v) is 3.61. The van der Waals surface area contributed by atoms with Gasteiger partial charge in [0.15, 0.2) is 5.13 Å². The van der Waals surface area contributed by atoms with Gasteiger partial charge in [0.05, 0.1) is 5.69 Å². The predicted octanol–water partition coefficient (Wildman–Crippen LogP) is 5.61. The van der Waals surface area contributed by atoms with Crippen molar-refractivity contribution >= 4 is 55.7 Å². The average Bonchev–Trinajstić information content (AvgIpc) is 3.09. The van der Waals surface area contributed by atoms with Crippen LogP contribution < -0.4 is 10.2 Å². The van der Waals surface area contributed by atoms with Gasteiger partial charge in [0.25, 0.3) is 0 Å². The molecule has 142 valence electrons. The van der Waals surface area contributed by atoms with Gasteiger partial charge in [-0.25, -0.2) is 23.7 Å². The largest absolute Gasteiger partial charge is 0.327 e. The van der Waals surface area contributed by atoms with E-state index in [1.54, 1.807) is 30.3 Å². The van der Waals surface area contributed by atoms with Gasteiger partial charge in [0, 0.05) is 25.2 Å². The highest BCUT2D eigenvalue weighted by molar-refractivity contribution is 7.21. The minimum Gasteiger partial charge on any atom is -0.327 e. The highest BCUT2D eigenvalue weighted by Gasteiger charge is 2.14. The van der Waals surface area contributed by atoms with Crippen molar-refractivity contribution in [3.63, 3.8) is 0 Å². The van der Waals surface area contributed by atoms with Crippen molar-refractivity contribution in [3.05, 3.63) is 65.9 Å². The molecule has 1 N–H and O–H groups in total. The summed E-state index contributed by atoms with van der Waals surface area (Å²) < 4.78 is 27.2. The molecule has 3 aromatic heterocycles. The average molecular weight is 418 g/mol. The third-order valence-electron chi connectivity index (χ3n) is 4.07. The van der Waals surface area contributed by atoms with Crippen LogP contribution in [-0.4, -0.2) is 22.0 Å². The highest BCUT2D eigenvalue weighted by atomic mass is 35.5. The Hall–Kier alpha value is -2.84. The van der Waals surface area contributed by atoms with Crippen LogP contribution in [0.2, 0.25) is 0 Å². The van der Waals surface area contributed by atoms with Crippen LogP contribution in [0.3, 0.4) is 0 Å². The van der Waals surface area contributed by atoms with Crippen molar-refractivity contribution in [2.24, 2.45) is 0 Å². The molecule has 3 heterocycles. The minimum atomic E-state index is -0.650. The Morgan fingerprint density at radius 2 is 1.96 bits per heavy atom. The SMILES string of the molecule is CN(c1ccc2nc(Nc3ccc(CCl)cn3)sc2n1)c1ccc(F)cc1F. The van der Waals surface area contributed by atoms with E-state index >= 15 is 0 Å². The van der Waals surface area contributed by atoms with E-state index in [0.29, 0.717) is 33.0 Å². The number of rotatable bonds is 5.